The van der Waals surface area contributed by atoms with E-state index in [4.69, 9.17) is 28.9 Å². The minimum atomic E-state index is 0.436. The first-order chi connectivity index (χ1) is 9.63. The number of nitrogen functional groups attached to an aromatic ring is 1. The van der Waals surface area contributed by atoms with Crippen molar-refractivity contribution in [3.05, 3.63) is 52.6 Å². The van der Waals surface area contributed by atoms with Crippen LogP contribution in [0.25, 0.3) is 10.8 Å². The molecule has 0 saturated heterocycles. The zero-order valence-corrected chi connectivity index (χ0v) is 11.8. The Morgan fingerprint density at radius 3 is 2.70 bits per heavy atom. The van der Waals surface area contributed by atoms with Crippen molar-refractivity contribution in [3.8, 4) is 0 Å². The monoisotopic (exact) mass is 304 g/mol. The molecule has 100 valence electrons. The Kier molecular flexibility index (Phi) is 3.34. The van der Waals surface area contributed by atoms with Crippen LogP contribution in [-0.2, 0) is 0 Å². The molecule has 3 aromatic rings. The van der Waals surface area contributed by atoms with Gasteiger partial charge in [0.15, 0.2) is 0 Å². The summed E-state index contributed by atoms with van der Waals surface area (Å²) in [6, 6.07) is 10.7. The molecular formula is C14H10Cl2N4. The summed E-state index contributed by atoms with van der Waals surface area (Å²) < 4.78 is 0. The number of nitrogens with two attached hydrogens (primary N) is 1. The highest BCUT2D eigenvalue weighted by molar-refractivity contribution is 6.39. The maximum atomic E-state index is 6.19. The molecule has 1 aromatic carbocycles. The quantitative estimate of drug-likeness (QED) is 0.742. The van der Waals surface area contributed by atoms with Crippen LogP contribution in [0.5, 0.6) is 0 Å². The fraction of sp³-hybridized carbons (Fsp3) is 0. The third kappa shape index (κ3) is 2.48. The molecule has 0 unspecified atom stereocenters. The average Bonchev–Trinajstić information content (AvgIpc) is 2.40. The van der Waals surface area contributed by atoms with Crippen LogP contribution in [0.15, 0.2) is 42.6 Å². The van der Waals surface area contributed by atoms with Gasteiger partial charge in [0.2, 0.25) is 0 Å². The number of hydrogen-bond donors (Lipinski definition) is 2. The summed E-state index contributed by atoms with van der Waals surface area (Å²) in [6.07, 6.45) is 1.68. The van der Waals surface area contributed by atoms with Crippen LogP contribution in [0.1, 0.15) is 0 Å². The van der Waals surface area contributed by atoms with Gasteiger partial charge >= 0.3 is 0 Å². The van der Waals surface area contributed by atoms with E-state index in [1.165, 1.54) is 0 Å². The van der Waals surface area contributed by atoms with Crippen LogP contribution in [-0.4, -0.2) is 9.97 Å². The molecule has 0 bridgehead atoms. The number of hydrogen-bond acceptors (Lipinski definition) is 4. The number of halogens is 2. The van der Waals surface area contributed by atoms with Gasteiger partial charge < -0.3 is 11.1 Å². The first-order valence-corrected chi connectivity index (χ1v) is 6.62. The largest absolute Gasteiger partial charge is 0.384 e. The lowest BCUT2D eigenvalue weighted by Crippen LogP contribution is -1.99. The summed E-state index contributed by atoms with van der Waals surface area (Å²) in [7, 11) is 0. The Labute approximate surface area is 125 Å². The van der Waals surface area contributed by atoms with Gasteiger partial charge in [0, 0.05) is 22.0 Å². The highest BCUT2D eigenvalue weighted by Crippen LogP contribution is 2.32. The Balaban J connectivity index is 2.12. The van der Waals surface area contributed by atoms with Crippen LogP contribution < -0.4 is 11.1 Å². The first-order valence-electron chi connectivity index (χ1n) is 5.87. The number of fused-ring (bicyclic) bond motifs is 1. The second kappa shape index (κ2) is 5.15. The van der Waals surface area contributed by atoms with E-state index in [0.29, 0.717) is 27.5 Å². The third-order valence-corrected chi connectivity index (χ3v) is 3.34. The van der Waals surface area contributed by atoms with E-state index >= 15 is 0 Å². The van der Waals surface area contributed by atoms with Crippen LogP contribution in [0.4, 0.5) is 17.5 Å². The fourth-order valence-corrected chi connectivity index (χ4v) is 2.50. The number of aromatic nitrogens is 2. The smallest absolute Gasteiger partial charge is 0.139 e. The SMILES string of the molecule is Nc1cccc(Nc2nccc3c(Cl)cc(Cl)cc23)n1. The van der Waals surface area contributed by atoms with Gasteiger partial charge in [-0.1, -0.05) is 29.3 Å². The number of nitrogens with one attached hydrogen (secondary N) is 1. The lowest BCUT2D eigenvalue weighted by molar-refractivity contribution is 1.27. The van der Waals surface area contributed by atoms with E-state index in [-0.39, 0.29) is 0 Å². The van der Waals surface area contributed by atoms with E-state index in [2.05, 4.69) is 15.3 Å². The molecule has 2 heterocycles. The van der Waals surface area contributed by atoms with Crippen molar-refractivity contribution in [3.63, 3.8) is 0 Å². The molecule has 3 rings (SSSR count). The van der Waals surface area contributed by atoms with Crippen molar-refractivity contribution in [1.82, 2.24) is 9.97 Å². The Bertz CT molecular complexity index is 789. The molecule has 4 nitrogen and oxygen atoms in total. The van der Waals surface area contributed by atoms with Gasteiger partial charge in [0.25, 0.3) is 0 Å². The zero-order chi connectivity index (χ0) is 14.1. The average molecular weight is 305 g/mol. The number of pyridine rings is 2. The van der Waals surface area contributed by atoms with Crippen molar-refractivity contribution < 1.29 is 0 Å². The predicted octanol–water partition coefficient (Wildman–Crippen LogP) is 4.26. The molecule has 0 aliphatic rings. The van der Waals surface area contributed by atoms with Gasteiger partial charge in [0.1, 0.15) is 17.5 Å². The zero-order valence-electron chi connectivity index (χ0n) is 10.3. The molecule has 0 aliphatic carbocycles. The van der Waals surface area contributed by atoms with Crippen LogP contribution >= 0.6 is 23.2 Å². The summed E-state index contributed by atoms with van der Waals surface area (Å²) >= 11 is 12.2. The lowest BCUT2D eigenvalue weighted by Gasteiger charge is -2.09. The third-order valence-electron chi connectivity index (χ3n) is 2.81. The van der Waals surface area contributed by atoms with Crippen molar-refractivity contribution in [2.75, 3.05) is 11.1 Å². The minimum Gasteiger partial charge on any atom is -0.384 e. The minimum absolute atomic E-state index is 0.436. The van der Waals surface area contributed by atoms with Crippen molar-refractivity contribution in [1.29, 1.82) is 0 Å². The number of rotatable bonds is 2. The van der Waals surface area contributed by atoms with Gasteiger partial charge in [-0.25, -0.2) is 9.97 Å². The second-order valence-electron chi connectivity index (χ2n) is 4.21. The molecule has 0 fully saturated rings. The van der Waals surface area contributed by atoms with E-state index in [0.717, 1.165) is 10.8 Å². The fourth-order valence-electron chi connectivity index (χ4n) is 1.95. The van der Waals surface area contributed by atoms with Gasteiger partial charge in [0.05, 0.1) is 5.02 Å². The van der Waals surface area contributed by atoms with E-state index in [9.17, 15) is 0 Å². The molecule has 6 heteroatoms. The lowest BCUT2D eigenvalue weighted by atomic mass is 10.1. The van der Waals surface area contributed by atoms with Crippen molar-refractivity contribution in [2.45, 2.75) is 0 Å². The van der Waals surface area contributed by atoms with Gasteiger partial charge in [-0.3, -0.25) is 0 Å². The van der Waals surface area contributed by atoms with Gasteiger partial charge in [-0.15, -0.1) is 0 Å². The predicted molar refractivity (Wildman–Crippen MR) is 83.7 cm³/mol. The highest BCUT2D eigenvalue weighted by atomic mass is 35.5. The summed E-state index contributed by atoms with van der Waals surface area (Å²) in [5.41, 5.74) is 5.66. The normalized spacial score (nSPS) is 10.7. The summed E-state index contributed by atoms with van der Waals surface area (Å²) in [4.78, 5) is 8.49. The number of anilines is 3. The van der Waals surface area contributed by atoms with Crippen LogP contribution in [0.3, 0.4) is 0 Å². The van der Waals surface area contributed by atoms with E-state index in [1.54, 1.807) is 18.3 Å². The molecule has 0 amide bonds. The van der Waals surface area contributed by atoms with E-state index < -0.39 is 0 Å². The molecule has 3 N–H and O–H groups in total. The van der Waals surface area contributed by atoms with Gasteiger partial charge in [-0.2, -0.15) is 0 Å². The standard InChI is InChI=1S/C14H10Cl2N4/c15-8-6-10-9(11(16)7-8)4-5-18-14(10)20-13-3-1-2-12(17)19-13/h1-7H,(H3,17,18,19,20). The molecule has 0 atom stereocenters. The van der Waals surface area contributed by atoms with Gasteiger partial charge in [-0.05, 0) is 30.3 Å². The molecular weight excluding hydrogens is 295 g/mol. The topological polar surface area (TPSA) is 63.8 Å². The number of benzene rings is 1. The second-order valence-corrected chi connectivity index (χ2v) is 5.06. The first kappa shape index (κ1) is 13.0. The molecule has 0 radical (unpaired) electrons. The Morgan fingerprint density at radius 2 is 1.90 bits per heavy atom. The van der Waals surface area contributed by atoms with Crippen molar-refractivity contribution >= 4 is 51.4 Å². The Hall–Kier alpha value is -2.04. The van der Waals surface area contributed by atoms with E-state index in [1.807, 2.05) is 24.3 Å². The maximum Gasteiger partial charge on any atom is 0.139 e. The van der Waals surface area contributed by atoms with Crippen molar-refractivity contribution in [2.24, 2.45) is 0 Å². The highest BCUT2D eigenvalue weighted by Gasteiger charge is 2.08. The maximum absolute atomic E-state index is 6.19. The molecule has 0 spiro atoms. The summed E-state index contributed by atoms with van der Waals surface area (Å²) in [5, 5.41) is 5.96. The summed E-state index contributed by atoms with van der Waals surface area (Å²) in [6.45, 7) is 0. The molecule has 0 aliphatic heterocycles. The molecule has 0 saturated carbocycles. The number of nitrogens with zero attached hydrogens (tertiary/aromatic N) is 2. The van der Waals surface area contributed by atoms with Crippen LogP contribution in [0.2, 0.25) is 10.0 Å². The molecule has 2 aromatic heterocycles. The Morgan fingerprint density at radius 1 is 1.05 bits per heavy atom. The molecule has 20 heavy (non-hydrogen) atoms. The summed E-state index contributed by atoms with van der Waals surface area (Å²) in [5.74, 6) is 1.68. The van der Waals surface area contributed by atoms with Crippen LogP contribution in [0, 0.1) is 0 Å².